The fourth-order valence-corrected chi connectivity index (χ4v) is 6.56. The summed E-state index contributed by atoms with van der Waals surface area (Å²) in [5.41, 5.74) is 1.64. The Balaban J connectivity index is 1.81. The number of sulfonamides is 1. The first-order valence-corrected chi connectivity index (χ1v) is 15.9. The largest absolute Gasteiger partial charge is 0.357 e. The first kappa shape index (κ1) is 31.6. The van der Waals surface area contributed by atoms with Crippen LogP contribution in [-0.2, 0) is 32.6 Å². The van der Waals surface area contributed by atoms with E-state index in [2.05, 4.69) is 21.2 Å². The number of likely N-dealkylation sites (N-methyl/N-ethyl adjacent to an activating group) is 1. The predicted octanol–water partition coefficient (Wildman–Crippen LogP) is 6.34. The van der Waals surface area contributed by atoms with Gasteiger partial charge in [-0.2, -0.15) is 0 Å². The zero-order valence-electron chi connectivity index (χ0n) is 22.6. The Kier molecular flexibility index (Phi) is 10.7. The average molecular weight is 689 g/mol. The molecule has 0 aliphatic heterocycles. The number of rotatable bonds is 11. The number of amides is 2. The molecule has 0 bridgehead atoms. The van der Waals surface area contributed by atoms with Gasteiger partial charge in [0.1, 0.15) is 12.6 Å². The second kappa shape index (κ2) is 14.2. The van der Waals surface area contributed by atoms with Crippen LogP contribution in [0.25, 0.3) is 0 Å². The highest BCUT2D eigenvalue weighted by molar-refractivity contribution is 9.10. The van der Waals surface area contributed by atoms with Crippen molar-refractivity contribution in [1.29, 1.82) is 0 Å². The summed E-state index contributed by atoms with van der Waals surface area (Å²) in [5, 5.41) is 3.00. The third-order valence-electron chi connectivity index (χ3n) is 6.57. The number of anilines is 1. The van der Waals surface area contributed by atoms with Crippen molar-refractivity contribution in [3.05, 3.63) is 129 Å². The van der Waals surface area contributed by atoms with Crippen molar-refractivity contribution in [2.45, 2.75) is 23.9 Å². The Morgan fingerprint density at radius 2 is 1.48 bits per heavy atom. The first-order valence-electron chi connectivity index (χ1n) is 12.9. The van der Waals surface area contributed by atoms with Crippen LogP contribution in [0.4, 0.5) is 5.69 Å². The van der Waals surface area contributed by atoms with Crippen molar-refractivity contribution in [3.63, 3.8) is 0 Å². The predicted molar refractivity (Wildman–Crippen MR) is 170 cm³/mol. The molecule has 2 amide bonds. The molecular weight excluding hydrogens is 661 g/mol. The van der Waals surface area contributed by atoms with E-state index in [1.807, 2.05) is 54.6 Å². The van der Waals surface area contributed by atoms with Crippen LogP contribution in [0.2, 0.25) is 10.0 Å². The normalized spacial score (nSPS) is 11.9. The van der Waals surface area contributed by atoms with Gasteiger partial charge in [0.2, 0.25) is 11.8 Å². The van der Waals surface area contributed by atoms with E-state index < -0.39 is 28.5 Å². The summed E-state index contributed by atoms with van der Waals surface area (Å²) >= 11 is 16.1. The fraction of sp³-hybridized carbons (Fsp3) is 0.161. The van der Waals surface area contributed by atoms with E-state index in [4.69, 9.17) is 23.2 Å². The molecule has 0 aliphatic rings. The molecule has 218 valence electrons. The smallest absolute Gasteiger partial charge is 0.264 e. The molecule has 0 aromatic heterocycles. The van der Waals surface area contributed by atoms with Gasteiger partial charge in [-0.05, 0) is 53.6 Å². The van der Waals surface area contributed by atoms with Gasteiger partial charge in [0.15, 0.2) is 0 Å². The maximum atomic E-state index is 14.3. The van der Waals surface area contributed by atoms with E-state index in [-0.39, 0.29) is 39.5 Å². The summed E-state index contributed by atoms with van der Waals surface area (Å²) in [4.78, 5) is 29.0. The van der Waals surface area contributed by atoms with E-state index in [0.717, 1.165) is 19.9 Å². The lowest BCUT2D eigenvalue weighted by Crippen LogP contribution is -2.53. The van der Waals surface area contributed by atoms with Crippen LogP contribution in [0.5, 0.6) is 0 Å². The molecule has 1 unspecified atom stereocenters. The lowest BCUT2D eigenvalue weighted by Gasteiger charge is -2.33. The number of carbonyl (C=O) groups is 2. The summed E-state index contributed by atoms with van der Waals surface area (Å²) in [5.74, 6) is -0.986. The Hall–Kier alpha value is -3.37. The molecule has 0 aliphatic carbocycles. The monoisotopic (exact) mass is 687 g/mol. The molecule has 0 saturated heterocycles. The number of nitrogens with one attached hydrogen (secondary N) is 1. The van der Waals surface area contributed by atoms with Crippen molar-refractivity contribution in [3.8, 4) is 0 Å². The van der Waals surface area contributed by atoms with Gasteiger partial charge in [0.05, 0.1) is 15.6 Å². The number of carbonyl (C=O) groups excluding carboxylic acids is 2. The molecule has 0 saturated carbocycles. The SMILES string of the molecule is CNC(=O)C(Cc1ccccc1)N(Cc1ccc(Br)cc1)C(=O)CN(c1cc(Cl)ccc1Cl)S(=O)(=O)c1ccccc1. The van der Waals surface area contributed by atoms with Crippen LogP contribution in [-0.4, -0.2) is 44.8 Å². The van der Waals surface area contributed by atoms with Crippen LogP contribution in [0, 0.1) is 0 Å². The fourth-order valence-electron chi connectivity index (χ4n) is 4.42. The molecule has 4 rings (SSSR count). The minimum absolute atomic E-state index is 0.0274. The van der Waals surface area contributed by atoms with Gasteiger partial charge in [0.25, 0.3) is 10.0 Å². The third-order valence-corrected chi connectivity index (χ3v) is 9.43. The Morgan fingerprint density at radius 1 is 0.857 bits per heavy atom. The Morgan fingerprint density at radius 3 is 2.10 bits per heavy atom. The molecule has 11 heteroatoms. The van der Waals surface area contributed by atoms with Gasteiger partial charge in [-0.25, -0.2) is 8.42 Å². The lowest BCUT2D eigenvalue weighted by atomic mass is 10.0. The second-order valence-corrected chi connectivity index (χ2v) is 13.0. The van der Waals surface area contributed by atoms with Gasteiger partial charge in [0, 0.05) is 29.5 Å². The summed E-state index contributed by atoms with van der Waals surface area (Å²) in [7, 11) is -2.77. The number of halogens is 3. The highest BCUT2D eigenvalue weighted by Gasteiger charge is 2.35. The van der Waals surface area contributed by atoms with Crippen LogP contribution in [0.3, 0.4) is 0 Å². The van der Waals surface area contributed by atoms with Gasteiger partial charge in [-0.1, -0.05) is 99.8 Å². The minimum atomic E-state index is -4.27. The number of hydrogen-bond donors (Lipinski definition) is 1. The van der Waals surface area contributed by atoms with Crippen molar-refractivity contribution in [2.24, 2.45) is 0 Å². The number of nitrogens with zero attached hydrogens (tertiary/aromatic N) is 2. The maximum Gasteiger partial charge on any atom is 0.264 e. The summed E-state index contributed by atoms with van der Waals surface area (Å²) in [6.07, 6.45) is 0.214. The van der Waals surface area contributed by atoms with Crippen LogP contribution < -0.4 is 9.62 Å². The van der Waals surface area contributed by atoms with Crippen LogP contribution >= 0.6 is 39.1 Å². The molecule has 0 radical (unpaired) electrons. The van der Waals surface area contributed by atoms with E-state index in [1.54, 1.807) is 18.2 Å². The van der Waals surface area contributed by atoms with Crippen LogP contribution in [0.1, 0.15) is 11.1 Å². The average Bonchev–Trinajstić information content (AvgIpc) is 3.00. The van der Waals surface area contributed by atoms with Crippen molar-refractivity contribution in [1.82, 2.24) is 10.2 Å². The Labute approximate surface area is 264 Å². The Bertz CT molecular complexity index is 1640. The molecule has 1 N–H and O–H groups in total. The van der Waals surface area contributed by atoms with E-state index >= 15 is 0 Å². The summed E-state index contributed by atoms with van der Waals surface area (Å²) < 4.78 is 29.7. The van der Waals surface area contributed by atoms with Gasteiger partial charge < -0.3 is 10.2 Å². The molecule has 4 aromatic carbocycles. The quantitative estimate of drug-likeness (QED) is 0.199. The molecule has 1 atom stereocenters. The molecule has 0 fully saturated rings. The lowest BCUT2D eigenvalue weighted by molar-refractivity contribution is -0.139. The summed E-state index contributed by atoms with van der Waals surface area (Å²) in [6, 6.07) is 27.9. The zero-order chi connectivity index (χ0) is 30.3. The number of benzene rings is 4. The highest BCUT2D eigenvalue weighted by atomic mass is 79.9. The number of hydrogen-bond acceptors (Lipinski definition) is 4. The molecule has 42 heavy (non-hydrogen) atoms. The molecule has 7 nitrogen and oxygen atoms in total. The van der Waals surface area contributed by atoms with Crippen molar-refractivity contribution < 1.29 is 18.0 Å². The molecule has 0 spiro atoms. The highest BCUT2D eigenvalue weighted by Crippen LogP contribution is 2.33. The van der Waals surface area contributed by atoms with E-state index in [0.29, 0.717) is 0 Å². The first-order chi connectivity index (χ1) is 20.1. The van der Waals surface area contributed by atoms with Gasteiger partial charge >= 0.3 is 0 Å². The summed E-state index contributed by atoms with van der Waals surface area (Å²) in [6.45, 7) is -0.574. The second-order valence-electron chi connectivity index (χ2n) is 9.39. The van der Waals surface area contributed by atoms with Crippen LogP contribution in [0.15, 0.2) is 112 Å². The molecular formula is C31H28BrCl2N3O4S. The zero-order valence-corrected chi connectivity index (χ0v) is 26.5. The topological polar surface area (TPSA) is 86.8 Å². The molecule has 4 aromatic rings. The van der Waals surface area contributed by atoms with Gasteiger partial charge in [-0.3, -0.25) is 13.9 Å². The maximum absolute atomic E-state index is 14.3. The van der Waals surface area contributed by atoms with E-state index in [9.17, 15) is 18.0 Å². The van der Waals surface area contributed by atoms with Crippen molar-refractivity contribution in [2.75, 3.05) is 17.9 Å². The standard InChI is InChI=1S/C31H28BrCl2N3O4S/c1-35-31(39)29(18-22-8-4-2-5-9-22)36(20-23-12-14-24(32)15-13-23)30(38)21-37(28-19-25(33)16-17-27(28)34)42(40,41)26-10-6-3-7-11-26/h2-17,19,29H,18,20-21H2,1H3,(H,35,39). The minimum Gasteiger partial charge on any atom is -0.357 e. The van der Waals surface area contributed by atoms with Crippen molar-refractivity contribution >= 4 is 66.7 Å². The van der Waals surface area contributed by atoms with Gasteiger partial charge in [-0.15, -0.1) is 0 Å². The van der Waals surface area contributed by atoms with E-state index in [1.165, 1.54) is 42.3 Å². The molecule has 0 heterocycles. The third kappa shape index (κ3) is 7.72.